The van der Waals surface area contributed by atoms with Gasteiger partial charge in [-0.3, -0.25) is 4.98 Å². The maximum absolute atomic E-state index is 5.87. The molecule has 0 fully saturated rings. The topological polar surface area (TPSA) is 22.1 Å². The predicted octanol–water partition coefficient (Wildman–Crippen LogP) is 8.41. The van der Waals surface area contributed by atoms with E-state index in [2.05, 4.69) is 81.1 Å². The zero-order valence-electron chi connectivity index (χ0n) is 19.7. The number of hydrogen-bond acceptors (Lipinski definition) is 2. The fourth-order valence-electron chi connectivity index (χ4n) is 3.89. The number of pyridine rings is 1. The quantitative estimate of drug-likeness (QED) is 0.202. The van der Waals surface area contributed by atoms with Gasteiger partial charge in [-0.1, -0.05) is 74.4 Å². The third kappa shape index (κ3) is 7.46. The van der Waals surface area contributed by atoms with E-state index in [9.17, 15) is 0 Å². The first-order valence-corrected chi connectivity index (χ1v) is 12.1. The van der Waals surface area contributed by atoms with E-state index in [1.807, 2.05) is 12.3 Å². The zero-order chi connectivity index (χ0) is 22.6. The molecule has 1 aromatic heterocycles. The van der Waals surface area contributed by atoms with Gasteiger partial charge >= 0.3 is 0 Å². The average molecular weight is 428 g/mol. The molecule has 0 aliphatic heterocycles. The molecule has 0 N–H and O–H groups in total. The van der Waals surface area contributed by atoms with Crippen molar-refractivity contribution in [2.24, 2.45) is 0 Å². The van der Waals surface area contributed by atoms with Crippen molar-refractivity contribution in [3.63, 3.8) is 0 Å². The van der Waals surface area contributed by atoms with Crippen LogP contribution < -0.4 is 0 Å². The SMILES string of the molecule is C=CCc1ccc2cc(-c3ccc(C=CCCCC(C)OCCCCC)cn3)ccc2c1. The van der Waals surface area contributed by atoms with E-state index in [1.165, 1.54) is 35.6 Å². The second kappa shape index (κ2) is 13.0. The monoisotopic (exact) mass is 427 g/mol. The molecule has 0 amide bonds. The standard InChI is InChI=1S/C30H37NO/c1-4-6-10-20-32-24(3)12-8-7-9-13-26-15-19-30(31-23-26)29-18-17-27-21-25(11-5-2)14-16-28(27)22-29/h5,9,13-19,21-24H,2,4,6-8,10-12,20H2,1,3H3. The molecule has 2 heteroatoms. The third-order valence-corrected chi connectivity index (χ3v) is 5.81. The summed E-state index contributed by atoms with van der Waals surface area (Å²) >= 11 is 0. The van der Waals surface area contributed by atoms with Gasteiger partial charge < -0.3 is 4.74 Å². The first-order chi connectivity index (χ1) is 15.7. The molecule has 3 aromatic rings. The van der Waals surface area contributed by atoms with Gasteiger partial charge in [-0.15, -0.1) is 6.58 Å². The van der Waals surface area contributed by atoms with E-state index >= 15 is 0 Å². The third-order valence-electron chi connectivity index (χ3n) is 5.81. The van der Waals surface area contributed by atoms with E-state index in [4.69, 9.17) is 9.72 Å². The highest BCUT2D eigenvalue weighted by molar-refractivity contribution is 5.87. The summed E-state index contributed by atoms with van der Waals surface area (Å²) in [6.07, 6.45) is 16.6. The summed E-state index contributed by atoms with van der Waals surface area (Å²) in [5.41, 5.74) is 4.60. The van der Waals surface area contributed by atoms with Crippen LogP contribution in [0.15, 0.2) is 73.5 Å². The van der Waals surface area contributed by atoms with Gasteiger partial charge in [-0.05, 0) is 73.1 Å². The van der Waals surface area contributed by atoms with Gasteiger partial charge in [0.05, 0.1) is 11.8 Å². The maximum Gasteiger partial charge on any atom is 0.0702 e. The molecule has 2 aromatic carbocycles. The Hall–Kier alpha value is -2.71. The summed E-state index contributed by atoms with van der Waals surface area (Å²) in [6.45, 7) is 9.14. The van der Waals surface area contributed by atoms with Gasteiger partial charge in [0.25, 0.3) is 0 Å². The van der Waals surface area contributed by atoms with E-state index in [1.54, 1.807) is 0 Å². The largest absolute Gasteiger partial charge is 0.379 e. The molecule has 0 spiro atoms. The number of allylic oxidation sites excluding steroid dienone is 2. The highest BCUT2D eigenvalue weighted by Crippen LogP contribution is 2.24. The Kier molecular flexibility index (Phi) is 9.71. The Morgan fingerprint density at radius 1 is 1.00 bits per heavy atom. The van der Waals surface area contributed by atoms with Gasteiger partial charge in [0, 0.05) is 18.4 Å². The summed E-state index contributed by atoms with van der Waals surface area (Å²) in [5, 5.41) is 2.50. The van der Waals surface area contributed by atoms with E-state index < -0.39 is 0 Å². The highest BCUT2D eigenvalue weighted by Gasteiger charge is 2.03. The zero-order valence-corrected chi connectivity index (χ0v) is 19.7. The van der Waals surface area contributed by atoms with Crippen LogP contribution >= 0.6 is 0 Å². The van der Waals surface area contributed by atoms with Crippen molar-refractivity contribution in [1.82, 2.24) is 4.98 Å². The minimum atomic E-state index is 0.358. The molecule has 1 unspecified atom stereocenters. The van der Waals surface area contributed by atoms with Crippen molar-refractivity contribution >= 4 is 16.8 Å². The van der Waals surface area contributed by atoms with Crippen molar-refractivity contribution in [1.29, 1.82) is 0 Å². The second-order valence-corrected chi connectivity index (χ2v) is 8.59. The Morgan fingerprint density at radius 2 is 1.84 bits per heavy atom. The fourth-order valence-corrected chi connectivity index (χ4v) is 3.89. The van der Waals surface area contributed by atoms with Crippen molar-refractivity contribution in [2.75, 3.05) is 6.61 Å². The molecule has 32 heavy (non-hydrogen) atoms. The van der Waals surface area contributed by atoms with Crippen LogP contribution in [-0.2, 0) is 11.2 Å². The van der Waals surface area contributed by atoms with Crippen LogP contribution in [0, 0.1) is 0 Å². The first-order valence-electron chi connectivity index (χ1n) is 12.1. The molecule has 2 nitrogen and oxygen atoms in total. The number of rotatable bonds is 13. The van der Waals surface area contributed by atoms with E-state index in [-0.39, 0.29) is 0 Å². The number of benzene rings is 2. The van der Waals surface area contributed by atoms with Crippen LogP contribution in [0.5, 0.6) is 0 Å². The van der Waals surface area contributed by atoms with Crippen molar-refractivity contribution in [2.45, 2.75) is 64.9 Å². The lowest BCUT2D eigenvalue weighted by molar-refractivity contribution is 0.0566. The average Bonchev–Trinajstić information content (AvgIpc) is 2.82. The number of aromatic nitrogens is 1. The number of ether oxygens (including phenoxy) is 1. The Bertz CT molecular complexity index is 1000. The number of unbranched alkanes of at least 4 members (excludes halogenated alkanes) is 3. The van der Waals surface area contributed by atoms with Gasteiger partial charge in [0.15, 0.2) is 0 Å². The summed E-state index contributed by atoms with van der Waals surface area (Å²) in [5.74, 6) is 0. The molecule has 0 saturated carbocycles. The summed E-state index contributed by atoms with van der Waals surface area (Å²) < 4.78 is 5.87. The lowest BCUT2D eigenvalue weighted by Crippen LogP contribution is -2.08. The summed E-state index contributed by atoms with van der Waals surface area (Å²) in [7, 11) is 0. The molecule has 3 rings (SSSR count). The molecule has 168 valence electrons. The van der Waals surface area contributed by atoms with Gasteiger partial charge in [0.1, 0.15) is 0 Å². The lowest BCUT2D eigenvalue weighted by atomic mass is 10.0. The number of fused-ring (bicyclic) bond motifs is 1. The van der Waals surface area contributed by atoms with Crippen LogP contribution in [0.3, 0.4) is 0 Å². The van der Waals surface area contributed by atoms with Crippen LogP contribution in [0.4, 0.5) is 0 Å². The number of hydrogen-bond donors (Lipinski definition) is 0. The predicted molar refractivity (Wildman–Crippen MR) is 139 cm³/mol. The second-order valence-electron chi connectivity index (χ2n) is 8.59. The Labute approximate surface area is 194 Å². The Morgan fingerprint density at radius 3 is 2.62 bits per heavy atom. The minimum Gasteiger partial charge on any atom is -0.379 e. The molecule has 0 saturated heterocycles. The summed E-state index contributed by atoms with van der Waals surface area (Å²) in [6, 6.07) is 17.4. The highest BCUT2D eigenvalue weighted by atomic mass is 16.5. The molecule has 1 heterocycles. The number of nitrogens with zero attached hydrogens (tertiary/aromatic N) is 1. The molecule has 0 radical (unpaired) electrons. The molecule has 0 aliphatic rings. The van der Waals surface area contributed by atoms with Gasteiger partial charge in [-0.25, -0.2) is 0 Å². The van der Waals surface area contributed by atoms with Crippen molar-refractivity contribution in [3.8, 4) is 11.3 Å². The van der Waals surface area contributed by atoms with Crippen LogP contribution in [0.2, 0.25) is 0 Å². The summed E-state index contributed by atoms with van der Waals surface area (Å²) in [4.78, 5) is 4.69. The minimum absolute atomic E-state index is 0.358. The smallest absolute Gasteiger partial charge is 0.0702 e. The Balaban J connectivity index is 1.49. The molecule has 0 bridgehead atoms. The van der Waals surface area contributed by atoms with Gasteiger partial charge in [-0.2, -0.15) is 0 Å². The molecule has 1 atom stereocenters. The molecular weight excluding hydrogens is 390 g/mol. The van der Waals surface area contributed by atoms with Gasteiger partial charge in [0.2, 0.25) is 0 Å². The normalized spacial score (nSPS) is 12.4. The van der Waals surface area contributed by atoms with Crippen LogP contribution in [0.25, 0.3) is 28.1 Å². The van der Waals surface area contributed by atoms with Crippen molar-refractivity contribution < 1.29 is 4.74 Å². The van der Waals surface area contributed by atoms with E-state index in [0.717, 1.165) is 49.1 Å². The molecule has 0 aliphatic carbocycles. The van der Waals surface area contributed by atoms with E-state index in [0.29, 0.717) is 6.10 Å². The van der Waals surface area contributed by atoms with Crippen LogP contribution in [0.1, 0.15) is 63.5 Å². The first kappa shape index (κ1) is 23.9. The molecular formula is C30H37NO. The van der Waals surface area contributed by atoms with Crippen molar-refractivity contribution in [3.05, 3.63) is 84.6 Å². The lowest BCUT2D eigenvalue weighted by Gasteiger charge is -2.11. The van der Waals surface area contributed by atoms with Crippen LogP contribution in [-0.4, -0.2) is 17.7 Å². The fraction of sp³-hybridized carbons (Fsp3) is 0.367. The maximum atomic E-state index is 5.87.